The quantitative estimate of drug-likeness (QED) is 0.0569. The van der Waals surface area contributed by atoms with Gasteiger partial charge in [0.05, 0.1) is 0 Å². The standard InChI is InChI=1S/C4N2O10S2.2Na.H5O10P3.2H/c7-1-5-17(11,12)15-3(9)4(10)16-18(13,14)6-2-8;;;1-11(2,3)9-13(7,8)10-12(4,5)6;;/h;;;(H,7,8)(H2,1,2,3)(H2,4,5,6);;. The van der Waals surface area contributed by atoms with E-state index in [0.29, 0.717) is 12.2 Å². The van der Waals surface area contributed by atoms with E-state index >= 15 is 0 Å². The van der Waals surface area contributed by atoms with Gasteiger partial charge in [-0.25, -0.2) is 32.9 Å². The first kappa shape index (κ1) is 40.2. The van der Waals surface area contributed by atoms with Gasteiger partial charge in [0.1, 0.15) is 0 Å². The summed E-state index contributed by atoms with van der Waals surface area (Å²) in [5.74, 6) is -4.67. The molecule has 0 atom stereocenters. The Labute approximate surface area is 225 Å². The maximum absolute atomic E-state index is 10.6. The third kappa shape index (κ3) is 24.9. The fraction of sp³-hybridized carbons (Fsp3) is 0. The van der Waals surface area contributed by atoms with E-state index in [9.17, 15) is 49.7 Å². The molecule has 0 aliphatic carbocycles. The number of hydrogen-bond donors (Lipinski definition) is 5. The van der Waals surface area contributed by atoms with Crippen molar-refractivity contribution in [2.75, 3.05) is 0 Å². The molecule has 0 radical (unpaired) electrons. The molecule has 0 heterocycles. The molecule has 0 rings (SSSR count). The van der Waals surface area contributed by atoms with Crippen LogP contribution < -0.4 is 0 Å². The summed E-state index contributed by atoms with van der Waals surface area (Å²) in [6, 6.07) is 0. The van der Waals surface area contributed by atoms with Crippen molar-refractivity contribution in [1.82, 2.24) is 0 Å². The van der Waals surface area contributed by atoms with Crippen molar-refractivity contribution in [3.63, 3.8) is 0 Å². The van der Waals surface area contributed by atoms with Gasteiger partial charge in [0.15, 0.2) is 0 Å². The van der Waals surface area contributed by atoms with E-state index in [0.717, 1.165) is 0 Å². The van der Waals surface area contributed by atoms with Crippen molar-refractivity contribution >= 4 is 127 Å². The molecule has 0 fully saturated rings. The normalized spacial score (nSPS) is 11.4. The number of hydrogen-bond acceptors (Lipinski definition) is 15. The summed E-state index contributed by atoms with van der Waals surface area (Å²) in [4.78, 5) is 80.6. The van der Waals surface area contributed by atoms with Crippen LogP contribution in [0.15, 0.2) is 8.80 Å². The molecule has 0 aromatic carbocycles. The van der Waals surface area contributed by atoms with Crippen LogP contribution in [-0.4, -0.2) is 125 Å². The summed E-state index contributed by atoms with van der Waals surface area (Å²) in [5.41, 5.74) is 0. The molecule has 0 saturated heterocycles. The maximum atomic E-state index is 10.6. The van der Waals surface area contributed by atoms with Crippen LogP contribution in [0, 0.1) is 0 Å². The Hall–Kier alpha value is 0.01000. The molecule has 0 aromatic rings. The van der Waals surface area contributed by atoms with Crippen molar-refractivity contribution in [2.45, 2.75) is 0 Å². The van der Waals surface area contributed by atoms with Gasteiger partial charge in [0, 0.05) is 0 Å². The van der Waals surface area contributed by atoms with Crippen LogP contribution in [0.25, 0.3) is 0 Å². The molecule has 0 bridgehead atoms. The van der Waals surface area contributed by atoms with Crippen LogP contribution in [0.3, 0.4) is 0 Å². The third-order valence-corrected chi connectivity index (χ3v) is 5.92. The average Bonchev–Trinajstić information content (AvgIpc) is 2.40. The third-order valence-electron chi connectivity index (χ3n) is 1.25. The topological polar surface area (TPSA) is 351 Å². The summed E-state index contributed by atoms with van der Waals surface area (Å²) in [6.45, 7) is 0. The van der Waals surface area contributed by atoms with E-state index in [4.69, 9.17) is 24.5 Å². The molecule has 22 nitrogen and oxygen atoms in total. The van der Waals surface area contributed by atoms with E-state index in [-0.39, 0.29) is 59.1 Å². The molecule has 0 saturated carbocycles. The number of carbonyl (C=O) groups is 2. The number of isocyanates is 2. The summed E-state index contributed by atoms with van der Waals surface area (Å²) in [5, 5.41) is 0. The number of carbonyl (C=O) groups excluding carboxylic acids is 4. The first-order chi connectivity index (χ1) is 13.5. The second-order valence-corrected chi connectivity index (χ2v) is 10.2. The van der Waals surface area contributed by atoms with E-state index in [2.05, 4.69) is 17.0 Å². The monoisotopic (exact) mass is 606 g/mol. The second kappa shape index (κ2) is 15.9. The zero-order valence-corrected chi connectivity index (χ0v) is 17.7. The first-order valence-corrected chi connectivity index (χ1v) is 12.9. The predicted octanol–water partition coefficient (Wildman–Crippen LogP) is -4.76. The Morgan fingerprint density at radius 1 is 0.667 bits per heavy atom. The van der Waals surface area contributed by atoms with Gasteiger partial charge in [-0.1, -0.05) is 0 Å². The summed E-state index contributed by atoms with van der Waals surface area (Å²) in [6.07, 6.45) is 0.981. The van der Waals surface area contributed by atoms with Crippen LogP contribution in [0.1, 0.15) is 0 Å². The van der Waals surface area contributed by atoms with Gasteiger partial charge in [0.25, 0.3) is 12.2 Å². The Balaban J connectivity index is -0.000000251. The van der Waals surface area contributed by atoms with Gasteiger partial charge in [-0.2, -0.15) is 25.5 Å². The Kier molecular flexibility index (Phi) is 19.4. The average molecular weight is 606 g/mol. The summed E-state index contributed by atoms with van der Waals surface area (Å²) < 4.78 is 89.0. The molecule has 0 unspecified atom stereocenters. The molecule has 0 aliphatic rings. The fourth-order valence-corrected chi connectivity index (χ4v) is 3.99. The van der Waals surface area contributed by atoms with Gasteiger partial charge >= 0.3 is 115 Å². The summed E-state index contributed by atoms with van der Waals surface area (Å²) >= 11 is 0. The van der Waals surface area contributed by atoms with E-state index < -0.39 is 56.0 Å². The fourth-order valence-electron chi connectivity index (χ4n) is 0.672. The zero-order valence-electron chi connectivity index (χ0n) is 13.4. The minimum atomic E-state index is -5.46. The van der Waals surface area contributed by atoms with Crippen molar-refractivity contribution in [2.24, 2.45) is 8.80 Å². The Morgan fingerprint density at radius 3 is 1.09 bits per heavy atom. The van der Waals surface area contributed by atoms with Gasteiger partial charge in [-0.15, -0.1) is 0 Å². The Bertz CT molecular complexity index is 1060. The number of phosphoric acid groups is 3. The van der Waals surface area contributed by atoms with E-state index in [1.807, 2.05) is 8.80 Å². The number of nitrogens with zero attached hydrogens (tertiary/aromatic N) is 2. The molecule has 182 valence electrons. The second-order valence-electron chi connectivity index (χ2n) is 3.58. The molecule has 0 amide bonds. The predicted molar refractivity (Wildman–Crippen MR) is 96.6 cm³/mol. The van der Waals surface area contributed by atoms with Crippen LogP contribution in [0.5, 0.6) is 0 Å². The van der Waals surface area contributed by atoms with Crippen LogP contribution in [-0.2, 0) is 70.5 Å². The number of rotatable bonds is 8. The van der Waals surface area contributed by atoms with Crippen molar-refractivity contribution < 1.29 is 91.2 Å². The van der Waals surface area contributed by atoms with Crippen LogP contribution in [0.2, 0.25) is 0 Å². The molecule has 29 heteroatoms. The molecule has 0 spiro atoms. The van der Waals surface area contributed by atoms with Crippen molar-refractivity contribution in [3.05, 3.63) is 0 Å². The molecular formula is C4H7N2Na2O20P3S2. The van der Waals surface area contributed by atoms with E-state index in [1.165, 1.54) is 0 Å². The molecule has 5 N–H and O–H groups in total. The summed E-state index contributed by atoms with van der Waals surface area (Å²) in [7, 11) is -26.4. The van der Waals surface area contributed by atoms with Crippen molar-refractivity contribution in [3.8, 4) is 0 Å². The molecule has 0 aliphatic heterocycles. The zero-order chi connectivity index (χ0) is 25.3. The van der Waals surface area contributed by atoms with Gasteiger partial charge in [0.2, 0.25) is 0 Å². The minimum absolute atomic E-state index is 0. The SMILES string of the molecule is O=C=NS(=O)(=O)OC(=O)C(=O)OS(=O)(=O)N=C=O.O=P(O)(O)OP(=O)(O)OP(=O)(O)O.[NaH].[NaH]. The molecule has 33 heavy (non-hydrogen) atoms. The van der Waals surface area contributed by atoms with Crippen molar-refractivity contribution in [1.29, 1.82) is 0 Å². The van der Waals surface area contributed by atoms with Gasteiger partial charge in [-0.05, 0) is 8.80 Å². The van der Waals surface area contributed by atoms with Gasteiger partial charge < -0.3 is 32.8 Å². The molecule has 0 aromatic heterocycles. The van der Waals surface area contributed by atoms with E-state index in [1.54, 1.807) is 0 Å². The van der Waals surface area contributed by atoms with Crippen LogP contribution in [0.4, 0.5) is 0 Å². The van der Waals surface area contributed by atoms with Crippen LogP contribution >= 0.6 is 23.5 Å². The first-order valence-electron chi connectivity index (χ1n) is 5.57. The Morgan fingerprint density at radius 2 is 0.909 bits per heavy atom. The molecular weight excluding hydrogens is 599 g/mol. The van der Waals surface area contributed by atoms with Gasteiger partial charge in [-0.3, -0.25) is 0 Å².